The molecule has 0 aliphatic heterocycles. The van der Waals surface area contributed by atoms with Crippen molar-refractivity contribution < 1.29 is 13.2 Å². The summed E-state index contributed by atoms with van der Waals surface area (Å²) in [6, 6.07) is 0. The normalized spacial score (nSPS) is 17.6. The number of aromatic nitrogens is 3. The summed E-state index contributed by atoms with van der Waals surface area (Å²) in [7, 11) is 0. The van der Waals surface area contributed by atoms with Crippen molar-refractivity contribution in [1.29, 1.82) is 0 Å². The minimum absolute atomic E-state index is 0.124. The lowest BCUT2D eigenvalue weighted by Crippen LogP contribution is -2.17. The van der Waals surface area contributed by atoms with Gasteiger partial charge in [-0.3, -0.25) is 0 Å². The van der Waals surface area contributed by atoms with E-state index in [2.05, 4.69) is 15.0 Å². The molecular formula is C10H13F3N4. The molecule has 17 heavy (non-hydrogen) atoms. The fraction of sp³-hybridized carbons (Fsp3) is 0.700. The fourth-order valence-corrected chi connectivity index (χ4v) is 2.08. The fourth-order valence-electron chi connectivity index (χ4n) is 2.08. The van der Waals surface area contributed by atoms with E-state index in [-0.39, 0.29) is 17.7 Å². The summed E-state index contributed by atoms with van der Waals surface area (Å²) in [4.78, 5) is 11.3. The van der Waals surface area contributed by atoms with Gasteiger partial charge in [-0.1, -0.05) is 12.8 Å². The highest BCUT2D eigenvalue weighted by Crippen LogP contribution is 2.32. The van der Waals surface area contributed by atoms with Crippen molar-refractivity contribution in [2.24, 2.45) is 0 Å². The molecule has 1 aromatic rings. The number of alkyl halides is 3. The molecule has 2 N–H and O–H groups in total. The Hall–Kier alpha value is -1.40. The van der Waals surface area contributed by atoms with Gasteiger partial charge in [0.15, 0.2) is 0 Å². The van der Waals surface area contributed by atoms with E-state index < -0.39 is 12.6 Å². The summed E-state index contributed by atoms with van der Waals surface area (Å²) in [5, 5.41) is 0. The van der Waals surface area contributed by atoms with Crippen molar-refractivity contribution in [3.63, 3.8) is 0 Å². The molecule has 0 unspecified atom stereocenters. The summed E-state index contributed by atoms with van der Waals surface area (Å²) < 4.78 is 36.7. The van der Waals surface area contributed by atoms with Crippen molar-refractivity contribution in [3.8, 4) is 0 Å². The maximum absolute atomic E-state index is 12.2. The van der Waals surface area contributed by atoms with E-state index in [1.54, 1.807) is 0 Å². The minimum Gasteiger partial charge on any atom is -0.368 e. The van der Waals surface area contributed by atoms with Crippen LogP contribution in [-0.4, -0.2) is 21.1 Å². The molecule has 94 valence electrons. The molecule has 1 aromatic heterocycles. The Bertz CT molecular complexity index is 399. The topological polar surface area (TPSA) is 64.7 Å². The third-order valence-corrected chi connectivity index (χ3v) is 2.80. The smallest absolute Gasteiger partial charge is 0.368 e. The Balaban J connectivity index is 2.22. The first-order valence-corrected chi connectivity index (χ1v) is 5.51. The van der Waals surface area contributed by atoms with E-state index in [1.165, 1.54) is 0 Å². The summed E-state index contributed by atoms with van der Waals surface area (Å²) in [6.07, 6.45) is -1.53. The Kier molecular flexibility index (Phi) is 3.17. The second-order valence-electron chi connectivity index (χ2n) is 4.24. The van der Waals surface area contributed by atoms with E-state index in [1.807, 2.05) is 0 Å². The lowest BCUT2D eigenvalue weighted by Gasteiger charge is -2.10. The first-order valence-electron chi connectivity index (χ1n) is 5.51. The Morgan fingerprint density at radius 1 is 1.12 bits per heavy atom. The number of hydrogen-bond acceptors (Lipinski definition) is 4. The highest BCUT2D eigenvalue weighted by Gasteiger charge is 2.30. The van der Waals surface area contributed by atoms with Crippen LogP contribution in [0, 0.1) is 0 Å². The monoisotopic (exact) mass is 246 g/mol. The minimum atomic E-state index is -4.32. The van der Waals surface area contributed by atoms with E-state index in [9.17, 15) is 13.2 Å². The summed E-state index contributed by atoms with van der Waals surface area (Å²) in [5.41, 5.74) is 5.42. The molecule has 0 radical (unpaired) electrons. The first-order chi connectivity index (χ1) is 7.94. The molecule has 0 spiro atoms. The average molecular weight is 246 g/mol. The number of nitrogen functional groups attached to an aromatic ring is 1. The molecule has 2 rings (SSSR count). The van der Waals surface area contributed by atoms with Gasteiger partial charge in [0.05, 0.1) is 0 Å². The van der Waals surface area contributed by atoms with Gasteiger partial charge in [0.1, 0.15) is 18.1 Å². The Morgan fingerprint density at radius 3 is 2.35 bits per heavy atom. The van der Waals surface area contributed by atoms with Crippen LogP contribution in [0.2, 0.25) is 0 Å². The summed E-state index contributed by atoms with van der Waals surface area (Å²) in [5.74, 6) is 0.134. The molecule has 0 amide bonds. The molecule has 4 nitrogen and oxygen atoms in total. The quantitative estimate of drug-likeness (QED) is 0.868. The molecule has 0 saturated heterocycles. The van der Waals surface area contributed by atoms with Crippen molar-refractivity contribution in [2.75, 3.05) is 5.73 Å². The zero-order valence-electron chi connectivity index (χ0n) is 9.17. The maximum Gasteiger partial charge on any atom is 0.396 e. The van der Waals surface area contributed by atoms with E-state index >= 15 is 0 Å². The van der Waals surface area contributed by atoms with Gasteiger partial charge >= 0.3 is 6.18 Å². The lowest BCUT2D eigenvalue weighted by molar-refractivity contribution is -0.128. The van der Waals surface area contributed by atoms with Gasteiger partial charge in [-0.25, -0.2) is 4.98 Å². The predicted molar refractivity (Wildman–Crippen MR) is 55.2 cm³/mol. The molecule has 1 heterocycles. The summed E-state index contributed by atoms with van der Waals surface area (Å²) in [6.45, 7) is 0. The van der Waals surface area contributed by atoms with Crippen molar-refractivity contribution >= 4 is 5.95 Å². The predicted octanol–water partition coefficient (Wildman–Crippen LogP) is 2.22. The second-order valence-corrected chi connectivity index (χ2v) is 4.24. The van der Waals surface area contributed by atoms with Gasteiger partial charge in [-0.2, -0.15) is 23.1 Å². The van der Waals surface area contributed by atoms with Crippen LogP contribution in [0.3, 0.4) is 0 Å². The zero-order chi connectivity index (χ0) is 12.5. The van der Waals surface area contributed by atoms with Crippen LogP contribution in [0.5, 0.6) is 0 Å². The van der Waals surface area contributed by atoms with Crippen LogP contribution in [0.1, 0.15) is 43.3 Å². The zero-order valence-corrected chi connectivity index (χ0v) is 9.17. The SMILES string of the molecule is Nc1nc(CC(F)(F)F)nc(C2CCCC2)n1. The number of halogens is 3. The number of nitrogens with two attached hydrogens (primary N) is 1. The Morgan fingerprint density at radius 2 is 1.76 bits per heavy atom. The number of rotatable bonds is 2. The second kappa shape index (κ2) is 4.46. The third-order valence-electron chi connectivity index (χ3n) is 2.80. The largest absolute Gasteiger partial charge is 0.396 e. The number of anilines is 1. The first kappa shape index (κ1) is 12.1. The van der Waals surface area contributed by atoms with Gasteiger partial charge in [0.2, 0.25) is 5.95 Å². The van der Waals surface area contributed by atoms with Gasteiger partial charge in [-0.05, 0) is 12.8 Å². The molecule has 7 heteroatoms. The molecule has 1 aliphatic carbocycles. The van der Waals surface area contributed by atoms with Gasteiger partial charge in [0.25, 0.3) is 0 Å². The van der Waals surface area contributed by atoms with Crippen LogP contribution in [-0.2, 0) is 6.42 Å². The standard InChI is InChI=1S/C10H13F3N4/c11-10(12,13)5-7-15-8(17-9(14)16-7)6-3-1-2-4-6/h6H,1-5H2,(H2,14,15,16,17). The van der Waals surface area contributed by atoms with E-state index in [4.69, 9.17) is 5.73 Å². The van der Waals surface area contributed by atoms with Gasteiger partial charge in [-0.15, -0.1) is 0 Å². The lowest BCUT2D eigenvalue weighted by atomic mass is 10.1. The van der Waals surface area contributed by atoms with Crippen molar-refractivity contribution in [3.05, 3.63) is 11.6 Å². The molecule has 0 atom stereocenters. The third kappa shape index (κ3) is 3.28. The molecule has 1 aliphatic rings. The molecule has 0 aromatic carbocycles. The average Bonchev–Trinajstić information content (AvgIpc) is 2.65. The molecule has 1 saturated carbocycles. The van der Waals surface area contributed by atoms with Crippen LogP contribution in [0.4, 0.5) is 19.1 Å². The van der Waals surface area contributed by atoms with Crippen molar-refractivity contribution in [2.45, 2.75) is 44.2 Å². The summed E-state index contributed by atoms with van der Waals surface area (Å²) >= 11 is 0. The highest BCUT2D eigenvalue weighted by molar-refractivity contribution is 5.18. The maximum atomic E-state index is 12.2. The van der Waals surface area contributed by atoms with Crippen molar-refractivity contribution in [1.82, 2.24) is 15.0 Å². The molecule has 0 bridgehead atoms. The number of nitrogens with zero attached hydrogens (tertiary/aromatic N) is 3. The Labute approximate surface area is 96.5 Å². The molecule has 1 fully saturated rings. The number of hydrogen-bond donors (Lipinski definition) is 1. The van der Waals surface area contributed by atoms with Gasteiger partial charge < -0.3 is 5.73 Å². The highest BCUT2D eigenvalue weighted by atomic mass is 19.4. The van der Waals surface area contributed by atoms with Crippen LogP contribution in [0.15, 0.2) is 0 Å². The van der Waals surface area contributed by atoms with Crippen LogP contribution in [0.25, 0.3) is 0 Å². The van der Waals surface area contributed by atoms with E-state index in [0.717, 1.165) is 25.7 Å². The van der Waals surface area contributed by atoms with Crippen LogP contribution >= 0.6 is 0 Å². The van der Waals surface area contributed by atoms with Gasteiger partial charge in [0, 0.05) is 5.92 Å². The van der Waals surface area contributed by atoms with Crippen LogP contribution < -0.4 is 5.73 Å². The molecular weight excluding hydrogens is 233 g/mol. The van der Waals surface area contributed by atoms with E-state index in [0.29, 0.717) is 5.82 Å².